The zero-order valence-electron chi connectivity index (χ0n) is 10.5. The van der Waals surface area contributed by atoms with E-state index >= 15 is 0 Å². The number of nitrogen functional groups attached to an aromatic ring is 1. The summed E-state index contributed by atoms with van der Waals surface area (Å²) in [5.74, 6) is 5.73. The Labute approximate surface area is 122 Å². The number of anilines is 1. The van der Waals surface area contributed by atoms with Gasteiger partial charge in [0.1, 0.15) is 0 Å². The highest BCUT2D eigenvalue weighted by Gasteiger charge is 2.18. The van der Waals surface area contributed by atoms with E-state index in [0.717, 1.165) is 35.1 Å². The van der Waals surface area contributed by atoms with E-state index in [4.69, 9.17) is 34.0 Å². The maximum atomic E-state index is 6.31. The highest BCUT2D eigenvalue weighted by molar-refractivity contribution is 6.39. The number of rotatable bonds is 1. The van der Waals surface area contributed by atoms with Crippen LogP contribution in [0.2, 0.25) is 10.0 Å². The van der Waals surface area contributed by atoms with Crippen LogP contribution in [0, 0.1) is 0 Å². The van der Waals surface area contributed by atoms with Gasteiger partial charge >= 0.3 is 0 Å². The molecule has 0 bridgehead atoms. The molecule has 0 atom stereocenters. The zero-order valence-corrected chi connectivity index (χ0v) is 12.0. The molecule has 0 spiro atoms. The van der Waals surface area contributed by atoms with Gasteiger partial charge in [0.05, 0.1) is 16.2 Å². The Morgan fingerprint density at radius 1 is 1.11 bits per heavy atom. The molecule has 0 saturated carbocycles. The van der Waals surface area contributed by atoms with Crippen molar-refractivity contribution in [3.63, 3.8) is 0 Å². The third-order valence-electron chi connectivity index (χ3n) is 3.67. The quantitative estimate of drug-likeness (QED) is 0.473. The van der Waals surface area contributed by atoms with Crippen LogP contribution in [-0.2, 0) is 12.8 Å². The summed E-state index contributed by atoms with van der Waals surface area (Å²) in [5, 5.41) is 2.06. The molecule has 1 heterocycles. The Bertz CT molecular complexity index is 640. The number of aryl methyl sites for hydroxylation is 1. The highest BCUT2D eigenvalue weighted by Crippen LogP contribution is 2.37. The summed E-state index contributed by atoms with van der Waals surface area (Å²) in [6.45, 7) is 0. The van der Waals surface area contributed by atoms with E-state index in [-0.39, 0.29) is 0 Å². The normalized spacial score (nSPS) is 15.1. The SMILES string of the molecule is NNc1c2c(nc3cc(Cl)cc(Cl)c13)CCCCC2. The topological polar surface area (TPSA) is 50.9 Å². The van der Waals surface area contributed by atoms with Crippen LogP contribution in [0.15, 0.2) is 12.1 Å². The van der Waals surface area contributed by atoms with Crippen molar-refractivity contribution in [2.24, 2.45) is 5.84 Å². The minimum absolute atomic E-state index is 0.593. The Hall–Kier alpha value is -1.03. The molecule has 0 saturated heterocycles. The van der Waals surface area contributed by atoms with E-state index in [1.807, 2.05) is 6.07 Å². The number of nitrogens with one attached hydrogen (secondary N) is 1. The summed E-state index contributed by atoms with van der Waals surface area (Å²) in [7, 11) is 0. The molecule has 19 heavy (non-hydrogen) atoms. The number of nitrogens with two attached hydrogens (primary N) is 1. The number of hydrazine groups is 1. The van der Waals surface area contributed by atoms with Crippen molar-refractivity contribution in [2.75, 3.05) is 5.43 Å². The van der Waals surface area contributed by atoms with Crippen molar-refractivity contribution in [2.45, 2.75) is 32.1 Å². The third-order valence-corrected chi connectivity index (χ3v) is 4.19. The second-order valence-electron chi connectivity index (χ2n) is 4.90. The van der Waals surface area contributed by atoms with Gasteiger partial charge in [-0.15, -0.1) is 0 Å². The highest BCUT2D eigenvalue weighted by atomic mass is 35.5. The molecule has 0 amide bonds. The third kappa shape index (κ3) is 2.27. The van der Waals surface area contributed by atoms with Crippen LogP contribution >= 0.6 is 23.2 Å². The number of pyridine rings is 1. The molecule has 0 fully saturated rings. The van der Waals surface area contributed by atoms with Crippen molar-refractivity contribution in [1.82, 2.24) is 4.98 Å². The molecule has 1 aromatic heterocycles. The maximum Gasteiger partial charge on any atom is 0.0756 e. The van der Waals surface area contributed by atoms with Gasteiger partial charge in [-0.3, -0.25) is 10.8 Å². The van der Waals surface area contributed by atoms with Crippen LogP contribution in [0.25, 0.3) is 10.9 Å². The molecule has 2 aromatic rings. The van der Waals surface area contributed by atoms with E-state index in [2.05, 4.69) is 5.43 Å². The Morgan fingerprint density at radius 2 is 1.89 bits per heavy atom. The number of hydrogen-bond acceptors (Lipinski definition) is 3. The second-order valence-corrected chi connectivity index (χ2v) is 5.74. The van der Waals surface area contributed by atoms with Gasteiger partial charge in [0.2, 0.25) is 0 Å². The van der Waals surface area contributed by atoms with Crippen LogP contribution in [0.5, 0.6) is 0 Å². The molecule has 5 heteroatoms. The van der Waals surface area contributed by atoms with Crippen molar-refractivity contribution in [3.8, 4) is 0 Å². The number of hydrogen-bond donors (Lipinski definition) is 2. The molecular formula is C14H15Cl2N3. The van der Waals surface area contributed by atoms with Gasteiger partial charge in [0.15, 0.2) is 0 Å². The second kappa shape index (κ2) is 5.16. The number of nitrogens with zero attached hydrogens (tertiary/aromatic N) is 1. The molecule has 3 N–H and O–H groups in total. The summed E-state index contributed by atoms with van der Waals surface area (Å²) in [5.41, 5.74) is 6.86. The average molecular weight is 296 g/mol. The molecular weight excluding hydrogens is 281 g/mol. The predicted molar refractivity (Wildman–Crippen MR) is 80.8 cm³/mol. The van der Waals surface area contributed by atoms with Gasteiger partial charge < -0.3 is 5.43 Å². The first kappa shape index (κ1) is 13.0. The minimum Gasteiger partial charge on any atom is -0.323 e. The number of aromatic nitrogens is 1. The van der Waals surface area contributed by atoms with Crippen LogP contribution in [0.3, 0.4) is 0 Å². The molecule has 100 valence electrons. The van der Waals surface area contributed by atoms with E-state index < -0.39 is 0 Å². The smallest absolute Gasteiger partial charge is 0.0756 e. The van der Waals surface area contributed by atoms with Crippen LogP contribution < -0.4 is 11.3 Å². The first-order chi connectivity index (χ1) is 9.20. The fourth-order valence-corrected chi connectivity index (χ4v) is 3.39. The lowest BCUT2D eigenvalue weighted by Crippen LogP contribution is -2.12. The summed E-state index contributed by atoms with van der Waals surface area (Å²) in [6.07, 6.45) is 5.55. The largest absolute Gasteiger partial charge is 0.323 e. The summed E-state index contributed by atoms with van der Waals surface area (Å²) < 4.78 is 0. The Morgan fingerprint density at radius 3 is 2.68 bits per heavy atom. The van der Waals surface area contributed by atoms with Crippen LogP contribution in [-0.4, -0.2) is 4.98 Å². The molecule has 3 nitrogen and oxygen atoms in total. The fourth-order valence-electron chi connectivity index (χ4n) is 2.81. The van der Waals surface area contributed by atoms with Crippen molar-refractivity contribution < 1.29 is 0 Å². The Balaban J connectivity index is 2.36. The van der Waals surface area contributed by atoms with Gasteiger partial charge in [0, 0.05) is 16.1 Å². The van der Waals surface area contributed by atoms with Crippen LogP contribution in [0.4, 0.5) is 5.69 Å². The predicted octanol–water partition coefficient (Wildman–Crippen LogP) is 4.10. The van der Waals surface area contributed by atoms with Crippen molar-refractivity contribution in [1.29, 1.82) is 0 Å². The van der Waals surface area contributed by atoms with E-state index in [1.165, 1.54) is 24.8 Å². The first-order valence-electron chi connectivity index (χ1n) is 6.48. The monoisotopic (exact) mass is 295 g/mol. The maximum absolute atomic E-state index is 6.31. The number of benzene rings is 1. The lowest BCUT2D eigenvalue weighted by Gasteiger charge is -2.16. The summed E-state index contributed by atoms with van der Waals surface area (Å²) >= 11 is 12.4. The first-order valence-corrected chi connectivity index (χ1v) is 7.23. The Kier molecular flexibility index (Phi) is 3.52. The fraction of sp³-hybridized carbons (Fsp3) is 0.357. The molecule has 3 rings (SSSR count). The number of fused-ring (bicyclic) bond motifs is 2. The molecule has 0 radical (unpaired) electrons. The van der Waals surface area contributed by atoms with Crippen molar-refractivity contribution in [3.05, 3.63) is 33.4 Å². The number of halogens is 2. The summed E-state index contributed by atoms with van der Waals surface area (Å²) in [4.78, 5) is 4.74. The van der Waals surface area contributed by atoms with E-state index in [1.54, 1.807) is 6.07 Å². The van der Waals surface area contributed by atoms with Crippen LogP contribution in [0.1, 0.15) is 30.5 Å². The lowest BCUT2D eigenvalue weighted by atomic mass is 10.0. The molecule has 0 unspecified atom stereocenters. The average Bonchev–Trinajstić information content (AvgIpc) is 2.60. The molecule has 1 aliphatic carbocycles. The standard InChI is InChI=1S/C14H15Cl2N3/c15-8-6-10(16)13-12(7-8)18-11-5-3-1-2-4-9(11)14(13)19-17/h6-7H,1-5,17H2,(H,18,19). The zero-order chi connectivity index (χ0) is 13.4. The van der Waals surface area contributed by atoms with E-state index in [9.17, 15) is 0 Å². The lowest BCUT2D eigenvalue weighted by molar-refractivity contribution is 0.709. The molecule has 0 aliphatic heterocycles. The molecule has 1 aliphatic rings. The molecule has 1 aromatic carbocycles. The van der Waals surface area contributed by atoms with Gasteiger partial charge in [-0.2, -0.15) is 0 Å². The van der Waals surface area contributed by atoms with Gasteiger partial charge in [0.25, 0.3) is 0 Å². The van der Waals surface area contributed by atoms with Crippen molar-refractivity contribution >= 4 is 39.8 Å². The van der Waals surface area contributed by atoms with Gasteiger partial charge in [-0.05, 0) is 43.4 Å². The minimum atomic E-state index is 0.593. The van der Waals surface area contributed by atoms with E-state index in [0.29, 0.717) is 10.0 Å². The summed E-state index contributed by atoms with van der Waals surface area (Å²) in [6, 6.07) is 3.58. The van der Waals surface area contributed by atoms with Gasteiger partial charge in [-0.1, -0.05) is 29.6 Å². The van der Waals surface area contributed by atoms with Gasteiger partial charge in [-0.25, -0.2) is 0 Å².